The summed E-state index contributed by atoms with van der Waals surface area (Å²) in [5.41, 5.74) is 0. The molecule has 0 bridgehead atoms. The lowest BCUT2D eigenvalue weighted by Crippen LogP contribution is -2.16. The SMILES string of the molecule is O=CNC(F)F. The zero-order chi connectivity index (χ0) is 4.99. The lowest BCUT2D eigenvalue weighted by molar-refractivity contribution is -0.112. The van der Waals surface area contributed by atoms with Crippen molar-refractivity contribution in [2.45, 2.75) is 6.55 Å². The molecule has 0 aromatic rings. The summed E-state index contributed by atoms with van der Waals surface area (Å²) in [6.07, 6.45) is -0.0509. The molecule has 0 atom stereocenters. The summed E-state index contributed by atoms with van der Waals surface area (Å²) in [6, 6.07) is 0. The van der Waals surface area contributed by atoms with Crippen molar-refractivity contribution in [3.05, 3.63) is 0 Å². The maximum Gasteiger partial charge on any atom is 0.314 e. The molecule has 1 N–H and O–H groups in total. The second-order valence-electron chi connectivity index (χ2n) is 0.585. The van der Waals surface area contributed by atoms with E-state index in [9.17, 15) is 8.78 Å². The van der Waals surface area contributed by atoms with Gasteiger partial charge in [-0.3, -0.25) is 4.79 Å². The van der Waals surface area contributed by atoms with Gasteiger partial charge in [0.25, 0.3) is 0 Å². The third-order valence-corrected chi connectivity index (χ3v) is 0.194. The molecule has 0 aliphatic heterocycles. The average molecular weight is 95.0 g/mol. The Morgan fingerprint density at radius 2 is 2.17 bits per heavy atom. The van der Waals surface area contributed by atoms with Crippen LogP contribution in [0.1, 0.15) is 0 Å². The molecule has 0 heterocycles. The smallest absolute Gasteiger partial charge is 0.303 e. The number of rotatable bonds is 2. The molecule has 6 heavy (non-hydrogen) atoms. The van der Waals surface area contributed by atoms with Gasteiger partial charge in [-0.1, -0.05) is 0 Å². The molecule has 0 aliphatic carbocycles. The van der Waals surface area contributed by atoms with Crippen molar-refractivity contribution in [2.24, 2.45) is 0 Å². The van der Waals surface area contributed by atoms with Gasteiger partial charge in [-0.15, -0.1) is 0 Å². The molecule has 0 fully saturated rings. The Morgan fingerprint density at radius 1 is 1.67 bits per heavy atom. The van der Waals surface area contributed by atoms with Gasteiger partial charge >= 0.3 is 6.55 Å². The standard InChI is InChI=1S/C2H3F2NO/c3-2(4)5-1-6/h1-2H,(H,5,6). The van der Waals surface area contributed by atoms with Crippen LogP contribution in [0.4, 0.5) is 8.78 Å². The third kappa shape index (κ3) is 3.33. The van der Waals surface area contributed by atoms with Gasteiger partial charge in [0.15, 0.2) is 0 Å². The van der Waals surface area contributed by atoms with Gasteiger partial charge in [-0.2, -0.15) is 8.78 Å². The van der Waals surface area contributed by atoms with Gasteiger partial charge in [-0.05, 0) is 0 Å². The van der Waals surface area contributed by atoms with E-state index in [1.807, 2.05) is 0 Å². The van der Waals surface area contributed by atoms with Crippen molar-refractivity contribution in [2.75, 3.05) is 0 Å². The first-order valence-electron chi connectivity index (χ1n) is 1.25. The second-order valence-corrected chi connectivity index (χ2v) is 0.585. The van der Waals surface area contributed by atoms with Crippen molar-refractivity contribution in [3.8, 4) is 0 Å². The average Bonchev–Trinajstić information content (AvgIpc) is 1.35. The molecule has 0 saturated carbocycles. The molecule has 0 radical (unpaired) electrons. The van der Waals surface area contributed by atoms with Crippen LogP contribution in [0, 0.1) is 0 Å². The zero-order valence-corrected chi connectivity index (χ0v) is 2.82. The summed E-state index contributed by atoms with van der Waals surface area (Å²) in [7, 11) is 0. The zero-order valence-electron chi connectivity index (χ0n) is 2.82. The minimum Gasteiger partial charge on any atom is -0.303 e. The van der Waals surface area contributed by atoms with Gasteiger partial charge in [0.1, 0.15) is 0 Å². The molecule has 2 nitrogen and oxygen atoms in total. The van der Waals surface area contributed by atoms with Crippen LogP contribution >= 0.6 is 0 Å². The Kier molecular flexibility index (Phi) is 2.27. The number of alkyl halides is 2. The van der Waals surface area contributed by atoms with E-state index < -0.39 is 6.55 Å². The number of carbonyl (C=O) groups is 1. The second kappa shape index (κ2) is 2.56. The predicted octanol–water partition coefficient (Wildman–Crippen LogP) is -0.0450. The van der Waals surface area contributed by atoms with Crippen molar-refractivity contribution in [3.63, 3.8) is 0 Å². The maximum atomic E-state index is 10.7. The van der Waals surface area contributed by atoms with E-state index in [1.165, 1.54) is 5.32 Å². The molecule has 0 aliphatic rings. The summed E-state index contributed by atoms with van der Waals surface area (Å²) in [4.78, 5) is 9.02. The highest BCUT2D eigenvalue weighted by atomic mass is 19.3. The van der Waals surface area contributed by atoms with Crippen molar-refractivity contribution in [1.82, 2.24) is 5.32 Å². The number of hydrogen-bond donors (Lipinski definition) is 1. The van der Waals surface area contributed by atoms with Crippen LogP contribution in [0.3, 0.4) is 0 Å². The van der Waals surface area contributed by atoms with E-state index in [1.54, 1.807) is 0 Å². The fourth-order valence-electron chi connectivity index (χ4n) is 0.0514. The topological polar surface area (TPSA) is 29.1 Å². The monoisotopic (exact) mass is 95.0 g/mol. The fourth-order valence-corrected chi connectivity index (χ4v) is 0.0514. The van der Waals surface area contributed by atoms with Crippen LogP contribution < -0.4 is 5.32 Å². The number of hydrogen-bond acceptors (Lipinski definition) is 1. The maximum absolute atomic E-state index is 10.7. The highest BCUT2D eigenvalue weighted by molar-refractivity contribution is 5.45. The van der Waals surface area contributed by atoms with Crippen LogP contribution in [0.15, 0.2) is 0 Å². The minimum atomic E-state index is -2.72. The molecule has 0 aromatic carbocycles. The lowest BCUT2D eigenvalue weighted by Gasteiger charge is -1.87. The highest BCUT2D eigenvalue weighted by Gasteiger charge is 1.92. The predicted molar refractivity (Wildman–Crippen MR) is 15.2 cm³/mol. The first-order chi connectivity index (χ1) is 2.77. The van der Waals surface area contributed by atoms with Crippen LogP contribution in [-0.4, -0.2) is 13.0 Å². The van der Waals surface area contributed by atoms with E-state index in [2.05, 4.69) is 0 Å². The number of nitrogens with one attached hydrogen (secondary N) is 1. The number of carbonyl (C=O) groups excluding carboxylic acids is 1. The van der Waals surface area contributed by atoms with Gasteiger partial charge in [0.05, 0.1) is 0 Å². The largest absolute Gasteiger partial charge is 0.314 e. The molecule has 0 rings (SSSR count). The van der Waals surface area contributed by atoms with Crippen LogP contribution in [0.5, 0.6) is 0 Å². The lowest BCUT2D eigenvalue weighted by atomic mass is 11.1. The Bertz CT molecular complexity index is 46.8. The molecule has 0 aromatic heterocycles. The molecule has 0 spiro atoms. The summed E-state index contributed by atoms with van der Waals surface area (Å²) < 4.78 is 21.4. The first-order valence-corrected chi connectivity index (χ1v) is 1.25. The van der Waals surface area contributed by atoms with Crippen molar-refractivity contribution < 1.29 is 13.6 Å². The quantitative estimate of drug-likeness (QED) is 0.378. The van der Waals surface area contributed by atoms with E-state index >= 15 is 0 Å². The molecule has 1 amide bonds. The molecule has 0 unspecified atom stereocenters. The molecule has 4 heteroatoms. The fraction of sp³-hybridized carbons (Fsp3) is 0.500. The van der Waals surface area contributed by atoms with E-state index in [0.717, 1.165) is 0 Å². The summed E-state index contributed by atoms with van der Waals surface area (Å²) in [6.45, 7) is -2.72. The summed E-state index contributed by atoms with van der Waals surface area (Å²) in [5.74, 6) is 0. The summed E-state index contributed by atoms with van der Waals surface area (Å²) >= 11 is 0. The normalized spacial score (nSPS) is 8.50. The van der Waals surface area contributed by atoms with Gasteiger partial charge in [0.2, 0.25) is 6.41 Å². The van der Waals surface area contributed by atoms with Gasteiger partial charge < -0.3 is 5.32 Å². The Hall–Kier alpha value is -0.670. The molecule has 36 valence electrons. The van der Waals surface area contributed by atoms with Gasteiger partial charge in [0, 0.05) is 0 Å². The summed E-state index contributed by atoms with van der Waals surface area (Å²) in [5, 5.41) is 1.19. The Morgan fingerprint density at radius 3 is 2.17 bits per heavy atom. The van der Waals surface area contributed by atoms with E-state index in [-0.39, 0.29) is 6.41 Å². The van der Waals surface area contributed by atoms with E-state index in [4.69, 9.17) is 4.79 Å². The van der Waals surface area contributed by atoms with Crippen molar-refractivity contribution in [1.29, 1.82) is 0 Å². The molecular weight excluding hydrogens is 92.0 g/mol. The first kappa shape index (κ1) is 5.33. The van der Waals surface area contributed by atoms with Crippen LogP contribution in [-0.2, 0) is 4.79 Å². The van der Waals surface area contributed by atoms with E-state index in [0.29, 0.717) is 0 Å². The third-order valence-electron chi connectivity index (χ3n) is 0.194. The number of halogens is 2. The number of amides is 1. The van der Waals surface area contributed by atoms with Crippen LogP contribution in [0.25, 0.3) is 0 Å². The van der Waals surface area contributed by atoms with Crippen LogP contribution in [0.2, 0.25) is 0 Å². The van der Waals surface area contributed by atoms with Gasteiger partial charge in [-0.25, -0.2) is 0 Å². The Labute approximate surface area is 33.1 Å². The highest BCUT2D eigenvalue weighted by Crippen LogP contribution is 1.78. The Balaban J connectivity index is 2.81. The molecule has 0 saturated heterocycles. The molecular formula is C2H3F2NO. The van der Waals surface area contributed by atoms with Crippen molar-refractivity contribution >= 4 is 6.41 Å². The minimum absolute atomic E-state index is 0.0509.